The van der Waals surface area contributed by atoms with Crippen molar-refractivity contribution in [3.8, 4) is 0 Å². The van der Waals surface area contributed by atoms with Crippen LogP contribution in [-0.2, 0) is 17.4 Å². The Labute approximate surface area is 123 Å². The van der Waals surface area contributed by atoms with Gasteiger partial charge in [0.1, 0.15) is 11.5 Å². The number of nitrogens with zero attached hydrogens (tertiary/aromatic N) is 1. The molecule has 0 radical (unpaired) electrons. The number of allylic oxidation sites excluding steroid dienone is 2. The third-order valence-electron chi connectivity index (χ3n) is 3.09. The maximum Gasteiger partial charge on any atom is 0.419 e. The van der Waals surface area contributed by atoms with Crippen LogP contribution in [0.5, 0.6) is 0 Å². The van der Waals surface area contributed by atoms with Gasteiger partial charge in [-0.15, -0.1) is 0 Å². The SMILES string of the molecule is O=CC1=CNC(CCc2ccc(C(F)(F)F)c(F)c2)=CN1O. The van der Waals surface area contributed by atoms with Crippen LogP contribution in [0.1, 0.15) is 17.5 Å². The molecule has 22 heavy (non-hydrogen) atoms. The molecule has 0 aromatic heterocycles. The smallest absolute Gasteiger partial charge is 0.362 e. The number of rotatable bonds is 4. The lowest BCUT2D eigenvalue weighted by Crippen LogP contribution is -2.24. The highest BCUT2D eigenvalue weighted by atomic mass is 19.4. The predicted octanol–water partition coefficient (Wildman–Crippen LogP) is 2.95. The third kappa shape index (κ3) is 3.64. The molecule has 0 spiro atoms. The summed E-state index contributed by atoms with van der Waals surface area (Å²) in [5.41, 5.74) is -0.355. The van der Waals surface area contributed by atoms with Crippen molar-refractivity contribution in [1.29, 1.82) is 0 Å². The maximum absolute atomic E-state index is 13.4. The van der Waals surface area contributed by atoms with Crippen LogP contribution in [0.25, 0.3) is 0 Å². The zero-order valence-electron chi connectivity index (χ0n) is 11.2. The Morgan fingerprint density at radius 1 is 1.27 bits per heavy atom. The van der Waals surface area contributed by atoms with Crippen molar-refractivity contribution in [2.45, 2.75) is 19.0 Å². The molecule has 0 amide bonds. The second kappa shape index (κ2) is 6.18. The number of carbonyl (C=O) groups excluding carboxylic acids is 1. The van der Waals surface area contributed by atoms with Gasteiger partial charge in [0.25, 0.3) is 0 Å². The van der Waals surface area contributed by atoms with Crippen molar-refractivity contribution < 1.29 is 27.6 Å². The molecule has 0 fully saturated rings. The molecule has 1 aromatic rings. The van der Waals surface area contributed by atoms with Crippen molar-refractivity contribution in [2.75, 3.05) is 0 Å². The number of hydroxylamine groups is 2. The Morgan fingerprint density at radius 2 is 2.00 bits per heavy atom. The lowest BCUT2D eigenvalue weighted by molar-refractivity contribution is -0.140. The number of nitrogens with one attached hydrogen (secondary N) is 1. The Morgan fingerprint density at radius 3 is 2.55 bits per heavy atom. The molecule has 2 rings (SSSR count). The molecule has 0 bridgehead atoms. The van der Waals surface area contributed by atoms with Crippen molar-refractivity contribution in [3.05, 3.63) is 58.9 Å². The van der Waals surface area contributed by atoms with Gasteiger partial charge >= 0.3 is 6.18 Å². The van der Waals surface area contributed by atoms with Gasteiger partial charge in [-0.05, 0) is 30.5 Å². The summed E-state index contributed by atoms with van der Waals surface area (Å²) in [6, 6.07) is 2.75. The molecule has 0 unspecified atom stereocenters. The van der Waals surface area contributed by atoms with Crippen LogP contribution < -0.4 is 5.32 Å². The van der Waals surface area contributed by atoms with E-state index >= 15 is 0 Å². The summed E-state index contributed by atoms with van der Waals surface area (Å²) in [5.74, 6) is -1.32. The van der Waals surface area contributed by atoms with Crippen LogP contribution in [0.3, 0.4) is 0 Å². The van der Waals surface area contributed by atoms with Crippen molar-refractivity contribution >= 4 is 6.29 Å². The molecule has 1 aliphatic heterocycles. The van der Waals surface area contributed by atoms with E-state index < -0.39 is 17.6 Å². The highest BCUT2D eigenvalue weighted by Crippen LogP contribution is 2.31. The Bertz CT molecular complexity index is 638. The molecule has 8 heteroatoms. The van der Waals surface area contributed by atoms with Crippen LogP contribution in [0.2, 0.25) is 0 Å². The third-order valence-corrected chi connectivity index (χ3v) is 3.09. The van der Waals surface area contributed by atoms with Crippen LogP contribution >= 0.6 is 0 Å². The standard InChI is InChI=1S/C14H12F4N2O2/c15-13-5-9(2-4-12(13)14(16,17)18)1-3-10-7-20(22)11(8-21)6-19-10/h2,4-8,19,22H,1,3H2. The average Bonchev–Trinajstić information content (AvgIpc) is 2.44. The molecular weight excluding hydrogens is 304 g/mol. The number of alkyl halides is 3. The Balaban J connectivity index is 2.02. The van der Waals surface area contributed by atoms with Gasteiger partial charge in [0.2, 0.25) is 0 Å². The molecule has 0 aliphatic carbocycles. The highest BCUT2D eigenvalue weighted by molar-refractivity contribution is 5.72. The fourth-order valence-electron chi connectivity index (χ4n) is 1.94. The molecule has 1 aliphatic rings. The van der Waals surface area contributed by atoms with E-state index in [9.17, 15) is 27.6 Å². The monoisotopic (exact) mass is 316 g/mol. The number of benzene rings is 1. The fraction of sp³-hybridized carbons (Fsp3) is 0.214. The normalized spacial score (nSPS) is 15.0. The van der Waals surface area contributed by atoms with E-state index in [1.807, 2.05) is 0 Å². The number of aryl methyl sites for hydroxylation is 1. The number of hydrogen-bond acceptors (Lipinski definition) is 4. The zero-order chi connectivity index (χ0) is 16.3. The summed E-state index contributed by atoms with van der Waals surface area (Å²) in [6.07, 6.45) is -1.12. The lowest BCUT2D eigenvalue weighted by Gasteiger charge is -2.20. The second-order valence-electron chi connectivity index (χ2n) is 4.64. The van der Waals surface area contributed by atoms with Crippen LogP contribution in [0.15, 0.2) is 42.0 Å². The molecule has 118 valence electrons. The van der Waals surface area contributed by atoms with Gasteiger partial charge in [-0.1, -0.05) is 6.07 Å². The number of hydrogen-bond donors (Lipinski definition) is 2. The molecule has 2 N–H and O–H groups in total. The van der Waals surface area contributed by atoms with Gasteiger partial charge in [-0.2, -0.15) is 13.2 Å². The quantitative estimate of drug-likeness (QED) is 0.662. The minimum absolute atomic E-state index is 0.0179. The van der Waals surface area contributed by atoms with E-state index in [0.29, 0.717) is 35.1 Å². The van der Waals surface area contributed by atoms with E-state index in [2.05, 4.69) is 5.32 Å². The first-order chi connectivity index (χ1) is 10.3. The van der Waals surface area contributed by atoms with Crippen LogP contribution in [0, 0.1) is 5.82 Å². The van der Waals surface area contributed by atoms with Gasteiger partial charge in [0.15, 0.2) is 6.29 Å². The van der Waals surface area contributed by atoms with Crippen molar-refractivity contribution in [3.63, 3.8) is 0 Å². The lowest BCUT2D eigenvalue weighted by atomic mass is 10.0. The minimum atomic E-state index is -4.72. The highest BCUT2D eigenvalue weighted by Gasteiger charge is 2.33. The van der Waals surface area contributed by atoms with Crippen molar-refractivity contribution in [1.82, 2.24) is 10.4 Å². The predicted molar refractivity (Wildman–Crippen MR) is 68.7 cm³/mol. The molecule has 0 saturated carbocycles. The second-order valence-corrected chi connectivity index (χ2v) is 4.64. The van der Waals surface area contributed by atoms with Gasteiger partial charge < -0.3 is 5.32 Å². The van der Waals surface area contributed by atoms with Crippen LogP contribution in [-0.4, -0.2) is 16.6 Å². The average molecular weight is 316 g/mol. The van der Waals surface area contributed by atoms with Gasteiger partial charge in [0, 0.05) is 11.9 Å². The summed E-state index contributed by atoms with van der Waals surface area (Å²) in [5, 5.41) is 12.8. The minimum Gasteiger partial charge on any atom is -0.362 e. The van der Waals surface area contributed by atoms with Crippen molar-refractivity contribution in [2.24, 2.45) is 0 Å². The van der Waals surface area contributed by atoms with E-state index in [1.165, 1.54) is 18.5 Å². The molecule has 1 aromatic carbocycles. The van der Waals surface area contributed by atoms with Gasteiger partial charge in [0.05, 0.1) is 11.8 Å². The van der Waals surface area contributed by atoms with Crippen LogP contribution in [0.4, 0.5) is 17.6 Å². The topological polar surface area (TPSA) is 52.6 Å². The summed E-state index contributed by atoms with van der Waals surface area (Å²) < 4.78 is 50.8. The molecule has 0 saturated heterocycles. The molecular formula is C14H12F4N2O2. The van der Waals surface area contributed by atoms with Gasteiger partial charge in [-0.25, -0.2) is 9.45 Å². The summed E-state index contributed by atoms with van der Waals surface area (Å²) in [6.45, 7) is 0. The van der Waals surface area contributed by atoms with E-state index in [4.69, 9.17) is 0 Å². The van der Waals surface area contributed by atoms with E-state index in [0.717, 1.165) is 6.07 Å². The first-order valence-corrected chi connectivity index (χ1v) is 6.27. The Hall–Kier alpha value is -2.35. The summed E-state index contributed by atoms with van der Waals surface area (Å²) >= 11 is 0. The fourth-order valence-corrected chi connectivity index (χ4v) is 1.94. The molecule has 1 heterocycles. The van der Waals surface area contributed by atoms with E-state index in [-0.39, 0.29) is 12.1 Å². The van der Waals surface area contributed by atoms with Gasteiger partial charge in [-0.3, -0.25) is 10.0 Å². The first-order valence-electron chi connectivity index (χ1n) is 6.27. The number of carbonyl (C=O) groups is 1. The maximum atomic E-state index is 13.4. The first kappa shape index (κ1) is 16.0. The van der Waals surface area contributed by atoms with E-state index in [1.54, 1.807) is 0 Å². The summed E-state index contributed by atoms with van der Waals surface area (Å²) in [7, 11) is 0. The Kier molecular flexibility index (Phi) is 4.51. The number of halogens is 4. The summed E-state index contributed by atoms with van der Waals surface area (Å²) in [4.78, 5) is 10.5. The zero-order valence-corrected chi connectivity index (χ0v) is 11.2. The number of aldehydes is 1. The molecule has 4 nitrogen and oxygen atoms in total. The largest absolute Gasteiger partial charge is 0.419 e. The molecule has 0 atom stereocenters.